The number of nitrogens with zero attached hydrogens (tertiary/aromatic N) is 3. The van der Waals surface area contributed by atoms with Crippen molar-refractivity contribution in [2.75, 3.05) is 24.7 Å². The zero-order valence-corrected chi connectivity index (χ0v) is 22.8. The standard InChI is InChI=1S/C24H27ClF3N3O5S2/c1-17(21-13-18(23(27)28)7-8-22(21)26)29-11-9-19(10-12-29)36-24(14-37-15-30(24)25)31(35-16-32)38(33,34)20-5-3-2-4-6-20/h2-8,13,16-17,19,23H,9-12,14-15H2,1H3/t17?,24-/m0/s1. The lowest BCUT2D eigenvalue weighted by atomic mass is 9.99. The molecule has 2 aliphatic heterocycles. The summed E-state index contributed by atoms with van der Waals surface area (Å²) in [6.45, 7) is 2.60. The van der Waals surface area contributed by atoms with Gasteiger partial charge < -0.3 is 9.57 Å². The first kappa shape index (κ1) is 29.1. The lowest BCUT2D eigenvalue weighted by Crippen LogP contribution is -2.61. The molecule has 0 N–H and O–H groups in total. The number of hydrogen-bond donors (Lipinski definition) is 0. The number of ether oxygens (including phenoxy) is 1. The topological polar surface area (TPSA) is 79.4 Å². The molecule has 0 bridgehead atoms. The van der Waals surface area contributed by atoms with Crippen LogP contribution in [-0.4, -0.2) is 65.3 Å². The van der Waals surface area contributed by atoms with Gasteiger partial charge in [0.1, 0.15) is 5.82 Å². The summed E-state index contributed by atoms with van der Waals surface area (Å²) in [5.74, 6) is -2.09. The van der Waals surface area contributed by atoms with E-state index in [0.717, 1.165) is 16.6 Å². The molecule has 2 fully saturated rings. The van der Waals surface area contributed by atoms with Crippen molar-refractivity contribution in [2.45, 2.75) is 49.1 Å². The van der Waals surface area contributed by atoms with Crippen LogP contribution in [0.15, 0.2) is 53.4 Å². The fraction of sp³-hybridized carbons (Fsp3) is 0.458. The number of sulfonamides is 1. The van der Waals surface area contributed by atoms with Crippen molar-refractivity contribution in [3.8, 4) is 0 Å². The highest BCUT2D eigenvalue weighted by Crippen LogP contribution is 2.42. The highest BCUT2D eigenvalue weighted by Gasteiger charge is 2.56. The Bertz CT molecular complexity index is 1220. The third kappa shape index (κ3) is 5.83. The van der Waals surface area contributed by atoms with E-state index in [1.54, 1.807) is 13.0 Å². The monoisotopic (exact) mass is 593 g/mol. The van der Waals surface area contributed by atoms with E-state index in [-0.39, 0.29) is 34.1 Å². The maximum atomic E-state index is 14.5. The maximum absolute atomic E-state index is 14.5. The summed E-state index contributed by atoms with van der Waals surface area (Å²) >= 11 is 7.77. The Balaban J connectivity index is 1.52. The third-order valence-corrected chi connectivity index (χ3v) is 9.88. The van der Waals surface area contributed by atoms with Crippen molar-refractivity contribution >= 4 is 40.0 Å². The van der Waals surface area contributed by atoms with Gasteiger partial charge in [0.15, 0.2) is 0 Å². The van der Waals surface area contributed by atoms with Crippen LogP contribution in [0.2, 0.25) is 0 Å². The van der Waals surface area contributed by atoms with Crippen molar-refractivity contribution in [3.63, 3.8) is 0 Å². The number of hydroxylamine groups is 1. The number of benzene rings is 2. The SMILES string of the molecule is CC(c1cc(C(F)F)ccc1F)N1CCC(O[C@@]2(N(OC=O)S(=O)(=O)c3ccccc3)CSCN2Cl)CC1. The zero-order valence-electron chi connectivity index (χ0n) is 20.4. The largest absolute Gasteiger partial charge is 0.351 e. The highest BCUT2D eigenvalue weighted by molar-refractivity contribution is 7.99. The molecule has 0 aliphatic carbocycles. The van der Waals surface area contributed by atoms with Crippen molar-refractivity contribution in [1.29, 1.82) is 0 Å². The van der Waals surface area contributed by atoms with Gasteiger partial charge in [0.05, 0.1) is 22.6 Å². The molecule has 0 amide bonds. The molecule has 8 nitrogen and oxygen atoms in total. The van der Waals surface area contributed by atoms with E-state index >= 15 is 0 Å². The third-order valence-electron chi connectivity index (χ3n) is 6.66. The molecular formula is C24H27ClF3N3O5S2. The van der Waals surface area contributed by atoms with Gasteiger partial charge in [-0.25, -0.2) is 21.6 Å². The molecule has 0 aromatic heterocycles. The molecule has 14 heteroatoms. The Morgan fingerprint density at radius 1 is 1.18 bits per heavy atom. The molecule has 2 aliphatic rings. The maximum Gasteiger partial charge on any atom is 0.314 e. The van der Waals surface area contributed by atoms with E-state index in [1.807, 2.05) is 4.90 Å². The molecule has 208 valence electrons. The summed E-state index contributed by atoms with van der Waals surface area (Å²) < 4.78 is 75.7. The van der Waals surface area contributed by atoms with Gasteiger partial charge in [-0.1, -0.05) is 24.3 Å². The molecule has 0 saturated carbocycles. The molecule has 0 radical (unpaired) electrons. The zero-order chi connectivity index (χ0) is 27.5. The lowest BCUT2D eigenvalue weighted by Gasteiger charge is -2.43. The number of carbonyl (C=O) groups is 1. The van der Waals surface area contributed by atoms with Gasteiger partial charge in [0.2, 0.25) is 0 Å². The van der Waals surface area contributed by atoms with Crippen LogP contribution in [0.3, 0.4) is 0 Å². The van der Waals surface area contributed by atoms with Crippen LogP contribution in [0.5, 0.6) is 0 Å². The predicted molar refractivity (Wildman–Crippen MR) is 136 cm³/mol. The van der Waals surface area contributed by atoms with Crippen LogP contribution in [-0.2, 0) is 24.4 Å². The Kier molecular flexibility index (Phi) is 9.28. The second-order valence-corrected chi connectivity index (χ2v) is 12.1. The molecular weight excluding hydrogens is 567 g/mol. The second-order valence-electron chi connectivity index (χ2n) is 8.94. The van der Waals surface area contributed by atoms with Crippen molar-refractivity contribution in [2.24, 2.45) is 0 Å². The average Bonchev–Trinajstić information content (AvgIpc) is 3.27. The minimum absolute atomic E-state index is 0.00562. The van der Waals surface area contributed by atoms with E-state index in [0.29, 0.717) is 30.4 Å². The van der Waals surface area contributed by atoms with Crippen LogP contribution in [0.1, 0.15) is 43.4 Å². The van der Waals surface area contributed by atoms with Gasteiger partial charge in [-0.3, -0.25) is 9.69 Å². The van der Waals surface area contributed by atoms with Gasteiger partial charge in [-0.05, 0) is 55.8 Å². The Morgan fingerprint density at radius 2 is 1.87 bits per heavy atom. The van der Waals surface area contributed by atoms with Crippen LogP contribution in [0.25, 0.3) is 0 Å². The molecule has 4 rings (SSSR count). The first-order chi connectivity index (χ1) is 18.1. The number of carbonyl (C=O) groups excluding carboxylic acids is 1. The summed E-state index contributed by atoms with van der Waals surface area (Å²) in [4.78, 5) is 18.2. The van der Waals surface area contributed by atoms with E-state index in [2.05, 4.69) is 0 Å². The van der Waals surface area contributed by atoms with Gasteiger partial charge in [-0.15, -0.1) is 11.8 Å². The van der Waals surface area contributed by atoms with Gasteiger partial charge in [-0.2, -0.15) is 4.42 Å². The minimum Gasteiger partial charge on any atom is -0.351 e. The van der Waals surface area contributed by atoms with Crippen molar-refractivity contribution in [3.05, 3.63) is 65.5 Å². The van der Waals surface area contributed by atoms with E-state index < -0.39 is 40.3 Å². The summed E-state index contributed by atoms with van der Waals surface area (Å²) in [7, 11) is -4.36. The van der Waals surface area contributed by atoms with Crippen LogP contribution < -0.4 is 0 Å². The van der Waals surface area contributed by atoms with Crippen LogP contribution in [0, 0.1) is 5.82 Å². The average molecular weight is 594 g/mol. The predicted octanol–water partition coefficient (Wildman–Crippen LogP) is 4.90. The second kappa shape index (κ2) is 12.1. The van der Waals surface area contributed by atoms with Gasteiger partial charge in [0.25, 0.3) is 22.3 Å². The van der Waals surface area contributed by atoms with E-state index in [4.69, 9.17) is 21.4 Å². The Hall–Kier alpha value is -1.87. The smallest absolute Gasteiger partial charge is 0.314 e. The Labute approximate surface area is 228 Å². The number of likely N-dealkylation sites (tertiary alicyclic amines) is 1. The normalized spacial score (nSPS) is 22.7. The molecule has 38 heavy (non-hydrogen) atoms. The number of piperidine rings is 1. The fourth-order valence-corrected chi connectivity index (χ4v) is 7.68. The quantitative estimate of drug-likeness (QED) is 0.167. The fourth-order valence-electron chi connectivity index (χ4n) is 4.62. The van der Waals surface area contributed by atoms with Crippen molar-refractivity contribution in [1.82, 2.24) is 13.8 Å². The Morgan fingerprint density at radius 3 is 2.45 bits per heavy atom. The van der Waals surface area contributed by atoms with Crippen molar-refractivity contribution < 1.29 is 36.0 Å². The first-order valence-electron chi connectivity index (χ1n) is 11.8. The molecule has 2 saturated heterocycles. The number of alkyl halides is 2. The summed E-state index contributed by atoms with van der Waals surface area (Å²) in [5.41, 5.74) is -0.0680. The molecule has 2 atom stereocenters. The lowest BCUT2D eigenvalue weighted by molar-refractivity contribution is -0.283. The number of thioether (sulfide) groups is 1. The molecule has 1 unspecified atom stereocenters. The van der Waals surface area contributed by atoms with Crippen LogP contribution in [0.4, 0.5) is 13.2 Å². The molecule has 2 heterocycles. The number of hydrogen-bond acceptors (Lipinski definition) is 8. The number of rotatable bonds is 10. The minimum atomic E-state index is -4.36. The van der Waals surface area contributed by atoms with Gasteiger partial charge in [0, 0.05) is 34.7 Å². The summed E-state index contributed by atoms with van der Waals surface area (Å²) in [5, 5.41) is 0. The molecule has 2 aromatic rings. The molecule has 0 spiro atoms. The highest BCUT2D eigenvalue weighted by atomic mass is 35.5. The van der Waals surface area contributed by atoms with Gasteiger partial charge >= 0.3 is 6.47 Å². The summed E-state index contributed by atoms with van der Waals surface area (Å²) in [6, 6.07) is 10.3. The first-order valence-corrected chi connectivity index (χ1v) is 14.7. The van der Waals surface area contributed by atoms with E-state index in [1.165, 1.54) is 42.1 Å². The van der Waals surface area contributed by atoms with E-state index in [9.17, 15) is 26.4 Å². The van der Waals surface area contributed by atoms with Crippen LogP contribution >= 0.6 is 23.5 Å². The summed E-state index contributed by atoms with van der Waals surface area (Å²) in [6.07, 6.45) is -2.36. The number of halogens is 4. The molecule has 2 aromatic carbocycles.